The summed E-state index contributed by atoms with van der Waals surface area (Å²) >= 11 is 0. The molecule has 78 valence electrons. The van der Waals surface area contributed by atoms with E-state index >= 15 is 0 Å². The zero-order valence-corrected chi connectivity index (χ0v) is 9.22. The van der Waals surface area contributed by atoms with Gasteiger partial charge in [-0.05, 0) is 37.0 Å². The maximum Gasteiger partial charge on any atom is 0.103 e. The lowest BCUT2D eigenvalue weighted by molar-refractivity contribution is 0.168. The molecule has 1 rings (SSSR count). The molecule has 0 aromatic heterocycles. The first-order chi connectivity index (χ1) is 6.19. The van der Waals surface area contributed by atoms with Gasteiger partial charge in [0.2, 0.25) is 0 Å². The molecule has 0 aliphatic heterocycles. The van der Waals surface area contributed by atoms with Crippen molar-refractivity contribution in [2.24, 2.45) is 17.8 Å². The minimum atomic E-state index is -0.531. The molecular weight excluding hydrogens is 163 g/mol. The van der Waals surface area contributed by atoms with Crippen molar-refractivity contribution in [2.45, 2.75) is 59.0 Å². The lowest BCUT2D eigenvalue weighted by Gasteiger charge is -2.23. The zero-order chi connectivity index (χ0) is 9.84. The molecule has 1 heteroatoms. The fraction of sp³-hybridized carbons (Fsp3) is 1.00. The molecule has 0 aromatic carbocycles. The average molecular weight is 186 g/mol. The van der Waals surface area contributed by atoms with E-state index in [9.17, 15) is 4.39 Å². The lowest BCUT2D eigenvalue weighted by Crippen LogP contribution is -2.20. The smallest absolute Gasteiger partial charge is 0.103 e. The van der Waals surface area contributed by atoms with Crippen LogP contribution in [0.1, 0.15) is 52.9 Å². The molecule has 0 heterocycles. The van der Waals surface area contributed by atoms with Crippen LogP contribution < -0.4 is 0 Å². The van der Waals surface area contributed by atoms with Gasteiger partial charge >= 0.3 is 0 Å². The monoisotopic (exact) mass is 186 g/mol. The van der Waals surface area contributed by atoms with Crippen LogP contribution in [0.2, 0.25) is 0 Å². The van der Waals surface area contributed by atoms with Crippen LogP contribution >= 0.6 is 0 Å². The van der Waals surface area contributed by atoms with Gasteiger partial charge in [0.05, 0.1) is 0 Å². The van der Waals surface area contributed by atoms with Crippen LogP contribution in [0.15, 0.2) is 0 Å². The molecule has 0 aromatic rings. The van der Waals surface area contributed by atoms with Crippen molar-refractivity contribution in [3.63, 3.8) is 0 Å². The van der Waals surface area contributed by atoms with E-state index < -0.39 is 6.17 Å². The predicted molar refractivity (Wildman–Crippen MR) is 55.5 cm³/mol. The first-order valence-corrected chi connectivity index (χ1v) is 5.83. The molecule has 3 unspecified atom stereocenters. The summed E-state index contributed by atoms with van der Waals surface area (Å²) in [6.07, 6.45) is 4.87. The zero-order valence-electron chi connectivity index (χ0n) is 9.22. The number of hydrogen-bond acceptors (Lipinski definition) is 0. The van der Waals surface area contributed by atoms with Crippen molar-refractivity contribution in [3.8, 4) is 0 Å². The summed E-state index contributed by atoms with van der Waals surface area (Å²) in [6.45, 7) is 6.59. The Morgan fingerprint density at radius 2 is 1.85 bits per heavy atom. The number of halogens is 1. The second kappa shape index (κ2) is 4.97. The topological polar surface area (TPSA) is 0 Å². The quantitative estimate of drug-likeness (QED) is 0.567. The van der Waals surface area contributed by atoms with E-state index in [-0.39, 0.29) is 0 Å². The Morgan fingerprint density at radius 1 is 1.15 bits per heavy atom. The minimum absolute atomic E-state index is 0.330. The van der Waals surface area contributed by atoms with Crippen molar-refractivity contribution in [3.05, 3.63) is 0 Å². The third-order valence-corrected chi connectivity index (χ3v) is 3.80. The van der Waals surface area contributed by atoms with Crippen LogP contribution in [0.4, 0.5) is 4.39 Å². The Kier molecular flexibility index (Phi) is 4.21. The fourth-order valence-electron chi connectivity index (χ4n) is 2.81. The largest absolute Gasteiger partial charge is 0.247 e. The highest BCUT2D eigenvalue weighted by Gasteiger charge is 2.30. The van der Waals surface area contributed by atoms with Gasteiger partial charge in [0.1, 0.15) is 6.17 Å². The van der Waals surface area contributed by atoms with Crippen LogP contribution in [0.25, 0.3) is 0 Å². The second-order valence-corrected chi connectivity index (χ2v) is 4.65. The summed E-state index contributed by atoms with van der Waals surface area (Å²) < 4.78 is 13.7. The molecule has 1 fully saturated rings. The Balaban J connectivity index is 2.57. The average Bonchev–Trinajstić information content (AvgIpc) is 2.25. The van der Waals surface area contributed by atoms with E-state index in [0.29, 0.717) is 11.8 Å². The Labute approximate surface area is 81.9 Å². The highest BCUT2D eigenvalue weighted by atomic mass is 19.1. The van der Waals surface area contributed by atoms with Crippen molar-refractivity contribution in [1.29, 1.82) is 0 Å². The van der Waals surface area contributed by atoms with Gasteiger partial charge in [0, 0.05) is 0 Å². The Morgan fingerprint density at radius 3 is 2.38 bits per heavy atom. The molecule has 13 heavy (non-hydrogen) atoms. The summed E-state index contributed by atoms with van der Waals surface area (Å²) in [5.74, 6) is 1.70. The first kappa shape index (κ1) is 11.0. The van der Waals surface area contributed by atoms with E-state index in [2.05, 4.69) is 20.8 Å². The van der Waals surface area contributed by atoms with Gasteiger partial charge in [0.15, 0.2) is 0 Å². The van der Waals surface area contributed by atoms with Crippen molar-refractivity contribution in [2.75, 3.05) is 0 Å². The molecule has 0 N–H and O–H groups in total. The summed E-state index contributed by atoms with van der Waals surface area (Å²) in [5, 5.41) is 0. The van der Waals surface area contributed by atoms with Crippen molar-refractivity contribution < 1.29 is 4.39 Å². The van der Waals surface area contributed by atoms with Gasteiger partial charge in [-0.1, -0.05) is 33.6 Å². The Hall–Kier alpha value is -0.0700. The molecule has 0 spiro atoms. The van der Waals surface area contributed by atoms with Crippen molar-refractivity contribution in [1.82, 2.24) is 0 Å². The van der Waals surface area contributed by atoms with E-state index in [0.717, 1.165) is 25.2 Å². The van der Waals surface area contributed by atoms with E-state index in [1.807, 2.05) is 0 Å². The molecule has 0 nitrogen and oxygen atoms in total. The lowest BCUT2D eigenvalue weighted by atomic mass is 9.84. The molecule has 0 amide bonds. The Bertz CT molecular complexity index is 144. The number of hydrogen-bond donors (Lipinski definition) is 0. The van der Waals surface area contributed by atoms with Crippen LogP contribution in [0.5, 0.6) is 0 Å². The van der Waals surface area contributed by atoms with E-state index in [1.165, 1.54) is 12.8 Å². The number of alkyl halides is 1. The normalized spacial score (nSPS) is 41.5. The van der Waals surface area contributed by atoms with Gasteiger partial charge in [-0.2, -0.15) is 0 Å². The molecule has 0 bridgehead atoms. The minimum Gasteiger partial charge on any atom is -0.247 e. The van der Waals surface area contributed by atoms with Crippen molar-refractivity contribution >= 4 is 0 Å². The maximum absolute atomic E-state index is 13.7. The van der Waals surface area contributed by atoms with Crippen LogP contribution in [-0.4, -0.2) is 6.17 Å². The summed E-state index contributed by atoms with van der Waals surface area (Å²) in [7, 11) is 0. The number of rotatable bonds is 2. The molecule has 1 aliphatic rings. The first-order valence-electron chi connectivity index (χ1n) is 5.83. The second-order valence-electron chi connectivity index (χ2n) is 4.65. The third-order valence-electron chi connectivity index (χ3n) is 3.80. The summed E-state index contributed by atoms with van der Waals surface area (Å²) in [6, 6.07) is 0. The molecule has 0 radical (unpaired) electrons. The van der Waals surface area contributed by atoms with E-state index in [4.69, 9.17) is 0 Å². The SMILES string of the molecule is CCC1C(C)C[C@H](CC)CCC1F. The van der Waals surface area contributed by atoms with Gasteiger partial charge in [-0.3, -0.25) is 0 Å². The maximum atomic E-state index is 13.7. The fourth-order valence-corrected chi connectivity index (χ4v) is 2.81. The van der Waals surface area contributed by atoms with Crippen LogP contribution in [0.3, 0.4) is 0 Å². The van der Waals surface area contributed by atoms with Crippen LogP contribution in [0, 0.1) is 17.8 Å². The summed E-state index contributed by atoms with van der Waals surface area (Å²) in [4.78, 5) is 0. The molecule has 4 atom stereocenters. The highest BCUT2D eigenvalue weighted by Crippen LogP contribution is 2.36. The molecule has 0 saturated heterocycles. The molecule has 1 saturated carbocycles. The molecule has 1 aliphatic carbocycles. The standard InChI is InChI=1S/C12H23F/c1-4-10-6-7-12(13)11(5-2)9(3)8-10/h9-12H,4-8H2,1-3H3/t9?,10-,11?,12?/m1/s1. The van der Waals surface area contributed by atoms with Gasteiger partial charge in [-0.15, -0.1) is 0 Å². The van der Waals surface area contributed by atoms with Gasteiger partial charge < -0.3 is 0 Å². The summed E-state index contributed by atoms with van der Waals surface area (Å²) in [5.41, 5.74) is 0. The van der Waals surface area contributed by atoms with Gasteiger partial charge in [0.25, 0.3) is 0 Å². The van der Waals surface area contributed by atoms with E-state index in [1.54, 1.807) is 0 Å². The highest BCUT2D eigenvalue weighted by molar-refractivity contribution is 4.80. The van der Waals surface area contributed by atoms with Crippen LogP contribution in [-0.2, 0) is 0 Å². The third kappa shape index (κ3) is 2.69. The van der Waals surface area contributed by atoms with Gasteiger partial charge in [-0.25, -0.2) is 4.39 Å². The predicted octanol–water partition coefficient (Wildman–Crippen LogP) is 4.20. The molecular formula is C12H23F.